The maximum absolute atomic E-state index is 12.0. The van der Waals surface area contributed by atoms with Crippen LogP contribution in [0.2, 0.25) is 0 Å². The molecule has 6 heteroatoms. The van der Waals surface area contributed by atoms with Gasteiger partial charge in [-0.05, 0) is 37.8 Å². The molecule has 1 saturated carbocycles. The molecular weight excluding hydrogens is 320 g/mol. The molecule has 0 aromatic heterocycles. The zero-order valence-electron chi connectivity index (χ0n) is 15.0. The monoisotopic (exact) mass is 348 g/mol. The van der Waals surface area contributed by atoms with E-state index in [0.29, 0.717) is 37.0 Å². The third kappa shape index (κ3) is 6.29. The lowest BCUT2D eigenvalue weighted by Crippen LogP contribution is -2.46. The third-order valence-electron chi connectivity index (χ3n) is 4.45. The van der Waals surface area contributed by atoms with Gasteiger partial charge >= 0.3 is 0 Å². The zero-order chi connectivity index (χ0) is 18.1. The van der Waals surface area contributed by atoms with Crippen molar-refractivity contribution in [1.82, 2.24) is 10.6 Å². The van der Waals surface area contributed by atoms with Gasteiger partial charge in [0.25, 0.3) is 0 Å². The maximum atomic E-state index is 12.0. The summed E-state index contributed by atoms with van der Waals surface area (Å²) < 4.78 is 10.8. The molecule has 1 aromatic carbocycles. The summed E-state index contributed by atoms with van der Waals surface area (Å²) >= 11 is 0. The van der Waals surface area contributed by atoms with Crippen LogP contribution >= 0.6 is 0 Å². The van der Waals surface area contributed by atoms with Gasteiger partial charge in [0.2, 0.25) is 11.8 Å². The van der Waals surface area contributed by atoms with Crippen LogP contribution in [0.4, 0.5) is 0 Å². The van der Waals surface area contributed by atoms with Gasteiger partial charge in [0.1, 0.15) is 12.6 Å². The fourth-order valence-electron chi connectivity index (χ4n) is 3.07. The van der Waals surface area contributed by atoms with E-state index in [4.69, 9.17) is 9.47 Å². The lowest BCUT2D eigenvalue weighted by molar-refractivity contribution is -0.129. The van der Waals surface area contributed by atoms with Gasteiger partial charge in [0.05, 0.1) is 13.7 Å². The molecule has 0 bridgehead atoms. The molecule has 138 valence electrons. The van der Waals surface area contributed by atoms with E-state index in [-0.39, 0.29) is 11.8 Å². The van der Waals surface area contributed by atoms with E-state index in [2.05, 4.69) is 10.6 Å². The molecule has 1 fully saturated rings. The smallest absolute Gasteiger partial charge is 0.242 e. The Morgan fingerprint density at radius 1 is 1.20 bits per heavy atom. The van der Waals surface area contributed by atoms with Crippen molar-refractivity contribution in [2.75, 3.05) is 20.3 Å². The van der Waals surface area contributed by atoms with Crippen LogP contribution in [-0.4, -0.2) is 38.1 Å². The Morgan fingerprint density at radius 2 is 1.88 bits per heavy atom. The van der Waals surface area contributed by atoms with Crippen molar-refractivity contribution in [2.24, 2.45) is 5.92 Å². The molecule has 1 aromatic rings. The fraction of sp³-hybridized carbons (Fsp3) is 0.579. The minimum absolute atomic E-state index is 0.0418. The highest BCUT2D eigenvalue weighted by Gasteiger charge is 2.21. The Labute approximate surface area is 149 Å². The average Bonchev–Trinajstić information content (AvgIpc) is 3.11. The Kier molecular flexibility index (Phi) is 7.57. The van der Waals surface area contributed by atoms with Gasteiger partial charge in [-0.25, -0.2) is 0 Å². The predicted molar refractivity (Wildman–Crippen MR) is 95.7 cm³/mol. The number of carbonyl (C=O) groups excluding carboxylic acids is 2. The number of hydrogen-bond donors (Lipinski definition) is 2. The molecule has 2 N–H and O–H groups in total. The normalized spacial score (nSPS) is 15.4. The summed E-state index contributed by atoms with van der Waals surface area (Å²) in [6.45, 7) is 2.39. The van der Waals surface area contributed by atoms with E-state index in [1.807, 2.05) is 24.3 Å². The zero-order valence-corrected chi connectivity index (χ0v) is 15.0. The first-order valence-corrected chi connectivity index (χ1v) is 8.93. The van der Waals surface area contributed by atoms with Crippen LogP contribution in [0.3, 0.4) is 0 Å². The first-order valence-electron chi connectivity index (χ1n) is 8.93. The second kappa shape index (κ2) is 9.91. The molecule has 1 aliphatic carbocycles. The molecule has 0 spiro atoms. The number of hydrogen-bond acceptors (Lipinski definition) is 4. The molecular formula is C19H28N2O4. The summed E-state index contributed by atoms with van der Waals surface area (Å²) in [7, 11) is 1.58. The number of rotatable bonds is 9. The average molecular weight is 348 g/mol. The quantitative estimate of drug-likeness (QED) is 0.671. The topological polar surface area (TPSA) is 76.7 Å². The van der Waals surface area contributed by atoms with Gasteiger partial charge in [0.15, 0.2) is 11.5 Å². The van der Waals surface area contributed by atoms with Crippen molar-refractivity contribution in [3.63, 3.8) is 0 Å². The summed E-state index contributed by atoms with van der Waals surface area (Å²) in [4.78, 5) is 24.0. The molecule has 0 heterocycles. The lowest BCUT2D eigenvalue weighted by atomic mass is 10.0. The van der Waals surface area contributed by atoms with E-state index in [0.717, 1.165) is 12.8 Å². The number of nitrogens with one attached hydrogen (secondary N) is 2. The van der Waals surface area contributed by atoms with Crippen molar-refractivity contribution in [2.45, 2.75) is 45.1 Å². The van der Waals surface area contributed by atoms with Crippen molar-refractivity contribution in [3.8, 4) is 11.5 Å². The van der Waals surface area contributed by atoms with Gasteiger partial charge in [-0.1, -0.05) is 25.0 Å². The van der Waals surface area contributed by atoms with Gasteiger partial charge in [0, 0.05) is 6.42 Å². The Hall–Kier alpha value is -2.24. The van der Waals surface area contributed by atoms with Crippen LogP contribution in [0.15, 0.2) is 24.3 Å². The summed E-state index contributed by atoms with van der Waals surface area (Å²) in [5, 5.41) is 5.54. The van der Waals surface area contributed by atoms with E-state index in [1.165, 1.54) is 12.8 Å². The van der Waals surface area contributed by atoms with Crippen molar-refractivity contribution in [1.29, 1.82) is 0 Å². The van der Waals surface area contributed by atoms with Crippen LogP contribution < -0.4 is 20.1 Å². The van der Waals surface area contributed by atoms with E-state index >= 15 is 0 Å². The summed E-state index contributed by atoms with van der Waals surface area (Å²) in [5.74, 6) is 1.52. The van der Waals surface area contributed by atoms with Crippen LogP contribution in [0.5, 0.6) is 11.5 Å². The predicted octanol–water partition coefficient (Wildman–Crippen LogP) is 2.28. The number of para-hydroxylation sites is 2. The van der Waals surface area contributed by atoms with Crippen LogP contribution in [-0.2, 0) is 9.59 Å². The van der Waals surface area contributed by atoms with Crippen LogP contribution in [0.1, 0.15) is 39.0 Å². The molecule has 0 aliphatic heterocycles. The maximum Gasteiger partial charge on any atom is 0.242 e. The first kappa shape index (κ1) is 19.1. The van der Waals surface area contributed by atoms with E-state index in [9.17, 15) is 9.59 Å². The van der Waals surface area contributed by atoms with E-state index < -0.39 is 6.04 Å². The highest BCUT2D eigenvalue weighted by atomic mass is 16.5. The second-order valence-electron chi connectivity index (χ2n) is 6.43. The number of benzene rings is 1. The lowest BCUT2D eigenvalue weighted by Gasteiger charge is -2.16. The first-order chi connectivity index (χ1) is 12.1. The Bertz CT molecular complexity index is 570. The molecule has 0 saturated heterocycles. The fourth-order valence-corrected chi connectivity index (χ4v) is 3.07. The molecule has 1 atom stereocenters. The summed E-state index contributed by atoms with van der Waals surface area (Å²) in [6, 6.07) is 6.81. The largest absolute Gasteiger partial charge is 0.493 e. The number of amides is 2. The molecule has 1 aliphatic rings. The molecule has 2 rings (SSSR count). The molecule has 25 heavy (non-hydrogen) atoms. The SMILES string of the molecule is COc1ccccc1OCCNC(=O)[C@H](C)NC(=O)CC1CCCC1. The van der Waals surface area contributed by atoms with Gasteiger partial charge in [-0.3, -0.25) is 9.59 Å². The van der Waals surface area contributed by atoms with E-state index in [1.54, 1.807) is 14.0 Å². The standard InChI is InChI=1S/C19H28N2O4/c1-14(21-18(22)13-15-7-3-4-8-15)19(23)20-11-12-25-17-10-6-5-9-16(17)24-2/h5-6,9-10,14-15H,3-4,7-8,11-13H2,1-2H3,(H,20,23)(H,21,22)/t14-/m0/s1. The molecule has 0 radical (unpaired) electrons. The van der Waals surface area contributed by atoms with Crippen molar-refractivity contribution in [3.05, 3.63) is 24.3 Å². The highest BCUT2D eigenvalue weighted by Crippen LogP contribution is 2.27. The minimum atomic E-state index is -0.542. The third-order valence-corrected chi connectivity index (χ3v) is 4.45. The van der Waals surface area contributed by atoms with Crippen LogP contribution in [0, 0.1) is 5.92 Å². The minimum Gasteiger partial charge on any atom is -0.493 e. The Balaban J connectivity index is 1.64. The molecule has 0 unspecified atom stereocenters. The summed E-state index contributed by atoms with van der Waals surface area (Å²) in [5.41, 5.74) is 0. The number of ether oxygens (including phenoxy) is 2. The molecule has 2 amide bonds. The second-order valence-corrected chi connectivity index (χ2v) is 6.43. The number of methoxy groups -OCH3 is 1. The summed E-state index contributed by atoms with van der Waals surface area (Å²) in [6.07, 6.45) is 5.18. The van der Waals surface area contributed by atoms with Crippen molar-refractivity contribution < 1.29 is 19.1 Å². The molecule has 6 nitrogen and oxygen atoms in total. The van der Waals surface area contributed by atoms with Gasteiger partial charge in [-0.15, -0.1) is 0 Å². The Morgan fingerprint density at radius 3 is 2.56 bits per heavy atom. The number of carbonyl (C=O) groups is 2. The highest BCUT2D eigenvalue weighted by molar-refractivity contribution is 5.87. The van der Waals surface area contributed by atoms with Gasteiger partial charge in [-0.2, -0.15) is 0 Å². The van der Waals surface area contributed by atoms with Crippen LogP contribution in [0.25, 0.3) is 0 Å². The van der Waals surface area contributed by atoms with Gasteiger partial charge < -0.3 is 20.1 Å². The van der Waals surface area contributed by atoms with Crippen molar-refractivity contribution >= 4 is 11.8 Å².